The summed E-state index contributed by atoms with van der Waals surface area (Å²) in [5, 5.41) is 3.48. The standard InChI is InChI=1S/C12H10BrNO2/c13-7-2-1-4-8-5-3-6-9-10(8)14-12(16)11(9)15/h1,3-6H,2,7H2,(H,14,15,16). The van der Waals surface area contributed by atoms with Crippen LogP contribution in [-0.4, -0.2) is 17.0 Å². The van der Waals surface area contributed by atoms with E-state index in [0.717, 1.165) is 17.3 Å². The van der Waals surface area contributed by atoms with Gasteiger partial charge in [0.1, 0.15) is 0 Å². The Morgan fingerprint density at radius 1 is 1.31 bits per heavy atom. The summed E-state index contributed by atoms with van der Waals surface area (Å²) >= 11 is 3.33. The van der Waals surface area contributed by atoms with E-state index in [9.17, 15) is 9.59 Å². The number of benzene rings is 1. The molecule has 0 fully saturated rings. The maximum atomic E-state index is 11.4. The first-order valence-electron chi connectivity index (χ1n) is 4.95. The number of nitrogens with one attached hydrogen (secondary N) is 1. The van der Waals surface area contributed by atoms with Crippen molar-refractivity contribution in [1.29, 1.82) is 0 Å². The van der Waals surface area contributed by atoms with Crippen LogP contribution in [0.4, 0.5) is 5.69 Å². The van der Waals surface area contributed by atoms with Crippen molar-refractivity contribution in [3.8, 4) is 0 Å². The molecule has 0 spiro atoms. The predicted molar refractivity (Wildman–Crippen MR) is 66.8 cm³/mol. The number of carbonyl (C=O) groups excluding carboxylic acids is 2. The molecule has 1 aliphatic rings. The van der Waals surface area contributed by atoms with E-state index in [-0.39, 0.29) is 0 Å². The summed E-state index contributed by atoms with van der Waals surface area (Å²) in [5.41, 5.74) is 1.96. The van der Waals surface area contributed by atoms with Gasteiger partial charge in [0.05, 0.1) is 11.3 Å². The largest absolute Gasteiger partial charge is 0.318 e. The minimum absolute atomic E-state index is 0.453. The summed E-state index contributed by atoms with van der Waals surface area (Å²) in [6.45, 7) is 0. The smallest absolute Gasteiger partial charge is 0.296 e. The van der Waals surface area contributed by atoms with E-state index in [4.69, 9.17) is 0 Å². The summed E-state index contributed by atoms with van der Waals surface area (Å²) in [6.07, 6.45) is 4.82. The number of Topliss-reactive ketones (excluding diaryl/α,β-unsaturated/α-hetero) is 1. The van der Waals surface area contributed by atoms with E-state index < -0.39 is 11.7 Å². The summed E-state index contributed by atoms with van der Waals surface area (Å²) in [7, 11) is 0. The van der Waals surface area contributed by atoms with Crippen molar-refractivity contribution < 1.29 is 9.59 Å². The van der Waals surface area contributed by atoms with E-state index >= 15 is 0 Å². The number of fused-ring (bicyclic) bond motifs is 1. The van der Waals surface area contributed by atoms with E-state index in [1.165, 1.54) is 0 Å². The van der Waals surface area contributed by atoms with E-state index in [1.807, 2.05) is 18.2 Å². The highest BCUT2D eigenvalue weighted by Crippen LogP contribution is 2.28. The summed E-state index contributed by atoms with van der Waals surface area (Å²) < 4.78 is 0. The lowest BCUT2D eigenvalue weighted by molar-refractivity contribution is -0.112. The number of rotatable bonds is 3. The van der Waals surface area contributed by atoms with Gasteiger partial charge in [0.2, 0.25) is 0 Å². The van der Waals surface area contributed by atoms with Crippen LogP contribution in [0, 0.1) is 0 Å². The molecule has 1 aromatic rings. The molecule has 1 heterocycles. The molecular formula is C12H10BrNO2. The fourth-order valence-corrected chi connectivity index (χ4v) is 1.87. The third kappa shape index (κ3) is 1.93. The van der Waals surface area contributed by atoms with Crippen LogP contribution in [0.1, 0.15) is 22.3 Å². The summed E-state index contributed by atoms with van der Waals surface area (Å²) in [4.78, 5) is 22.7. The molecule has 0 bridgehead atoms. The molecule has 4 heteroatoms. The molecule has 3 nitrogen and oxygen atoms in total. The topological polar surface area (TPSA) is 46.2 Å². The van der Waals surface area contributed by atoms with E-state index in [2.05, 4.69) is 21.2 Å². The molecular weight excluding hydrogens is 270 g/mol. The normalized spacial score (nSPS) is 14.3. The first-order chi connectivity index (χ1) is 7.74. The average molecular weight is 280 g/mol. The van der Waals surface area contributed by atoms with E-state index in [0.29, 0.717) is 11.3 Å². The van der Waals surface area contributed by atoms with Gasteiger partial charge in [-0.15, -0.1) is 0 Å². The fourth-order valence-electron chi connectivity index (χ4n) is 1.60. The number of halogens is 1. The van der Waals surface area contributed by atoms with Gasteiger partial charge in [-0.3, -0.25) is 9.59 Å². The third-order valence-corrected chi connectivity index (χ3v) is 2.82. The number of anilines is 1. The molecule has 0 radical (unpaired) electrons. The number of allylic oxidation sites excluding steroid dienone is 1. The van der Waals surface area contributed by atoms with Gasteiger partial charge in [-0.25, -0.2) is 0 Å². The van der Waals surface area contributed by atoms with Crippen LogP contribution in [0.2, 0.25) is 0 Å². The highest BCUT2D eigenvalue weighted by Gasteiger charge is 2.28. The molecule has 1 N–H and O–H groups in total. The quantitative estimate of drug-likeness (QED) is 0.683. The molecule has 1 amide bonds. The van der Waals surface area contributed by atoms with Crippen molar-refractivity contribution in [3.63, 3.8) is 0 Å². The SMILES string of the molecule is O=C1Nc2c(C=CCCBr)cccc2C1=O. The Labute approximate surface area is 102 Å². The number of carbonyl (C=O) groups is 2. The highest BCUT2D eigenvalue weighted by molar-refractivity contribution is 9.09. The van der Waals surface area contributed by atoms with Crippen LogP contribution in [0.3, 0.4) is 0 Å². The van der Waals surface area contributed by atoms with Gasteiger partial charge >= 0.3 is 0 Å². The van der Waals surface area contributed by atoms with Gasteiger partial charge in [-0.2, -0.15) is 0 Å². The monoisotopic (exact) mass is 279 g/mol. The lowest BCUT2D eigenvalue weighted by atomic mass is 10.1. The summed E-state index contributed by atoms with van der Waals surface area (Å²) in [6, 6.07) is 5.32. The second-order valence-corrected chi connectivity index (χ2v) is 4.23. The van der Waals surface area contributed by atoms with Gasteiger partial charge in [-0.1, -0.05) is 40.2 Å². The van der Waals surface area contributed by atoms with Gasteiger partial charge in [0.25, 0.3) is 11.7 Å². The van der Waals surface area contributed by atoms with Gasteiger partial charge < -0.3 is 5.32 Å². The Balaban J connectivity index is 2.36. The first-order valence-corrected chi connectivity index (χ1v) is 6.07. The molecule has 0 saturated carbocycles. The molecule has 1 aliphatic heterocycles. The number of alkyl halides is 1. The average Bonchev–Trinajstić information content (AvgIpc) is 2.57. The van der Waals surface area contributed by atoms with Crippen LogP contribution in [0.25, 0.3) is 6.08 Å². The van der Waals surface area contributed by atoms with Gasteiger partial charge in [0.15, 0.2) is 0 Å². The Hall–Kier alpha value is -1.42. The highest BCUT2D eigenvalue weighted by atomic mass is 79.9. The Kier molecular flexibility index (Phi) is 3.19. The number of para-hydroxylation sites is 1. The van der Waals surface area contributed by atoms with Crippen LogP contribution >= 0.6 is 15.9 Å². The number of hydrogen-bond donors (Lipinski definition) is 1. The molecule has 1 aromatic carbocycles. The lowest BCUT2D eigenvalue weighted by Crippen LogP contribution is -2.12. The number of hydrogen-bond acceptors (Lipinski definition) is 2. The zero-order chi connectivity index (χ0) is 11.5. The second-order valence-electron chi connectivity index (χ2n) is 3.43. The van der Waals surface area contributed by atoms with Crippen molar-refractivity contribution in [2.45, 2.75) is 6.42 Å². The van der Waals surface area contributed by atoms with Crippen LogP contribution in [0.15, 0.2) is 24.3 Å². The Morgan fingerprint density at radius 2 is 2.12 bits per heavy atom. The molecule has 0 unspecified atom stereocenters. The maximum absolute atomic E-state index is 11.4. The van der Waals surface area contributed by atoms with Crippen LogP contribution in [0.5, 0.6) is 0 Å². The Bertz CT molecular complexity index is 480. The van der Waals surface area contributed by atoms with Crippen LogP contribution < -0.4 is 5.32 Å². The Morgan fingerprint density at radius 3 is 2.88 bits per heavy atom. The van der Waals surface area contributed by atoms with Crippen molar-refractivity contribution in [1.82, 2.24) is 0 Å². The summed E-state index contributed by atoms with van der Waals surface area (Å²) in [5.74, 6) is -0.998. The van der Waals surface area contributed by atoms with Gasteiger partial charge in [0, 0.05) is 5.33 Å². The lowest BCUT2D eigenvalue weighted by Gasteiger charge is -2.01. The second kappa shape index (κ2) is 4.61. The molecule has 16 heavy (non-hydrogen) atoms. The van der Waals surface area contributed by atoms with Crippen molar-refractivity contribution in [3.05, 3.63) is 35.4 Å². The molecule has 82 valence electrons. The van der Waals surface area contributed by atoms with Crippen molar-refractivity contribution in [2.24, 2.45) is 0 Å². The van der Waals surface area contributed by atoms with Gasteiger partial charge in [-0.05, 0) is 18.1 Å². The minimum Gasteiger partial charge on any atom is -0.318 e. The molecule has 0 aliphatic carbocycles. The van der Waals surface area contributed by atoms with Crippen molar-refractivity contribution >= 4 is 39.4 Å². The van der Waals surface area contributed by atoms with E-state index in [1.54, 1.807) is 12.1 Å². The zero-order valence-corrected chi connectivity index (χ0v) is 10.1. The zero-order valence-electron chi connectivity index (χ0n) is 8.50. The minimum atomic E-state index is -0.545. The third-order valence-electron chi connectivity index (χ3n) is 2.36. The fraction of sp³-hybridized carbons (Fsp3) is 0.167. The number of amides is 1. The molecule has 2 rings (SSSR count). The molecule has 0 saturated heterocycles. The maximum Gasteiger partial charge on any atom is 0.296 e. The number of ketones is 1. The molecule has 0 atom stereocenters. The first kappa shape index (κ1) is 11.1. The predicted octanol–water partition coefficient (Wildman–Crippen LogP) is 2.62. The molecule has 0 aromatic heterocycles. The van der Waals surface area contributed by atoms with Crippen molar-refractivity contribution in [2.75, 3.05) is 10.6 Å². The van der Waals surface area contributed by atoms with Crippen LogP contribution in [-0.2, 0) is 4.79 Å².